The zero-order chi connectivity index (χ0) is 4.71. The summed E-state index contributed by atoms with van der Waals surface area (Å²) in [6, 6.07) is 0. The largest absolute Gasteiger partial charge is 0.333 e. The molecule has 0 aliphatic heterocycles. The fourth-order valence-electron chi connectivity index (χ4n) is 0. The lowest BCUT2D eigenvalue weighted by Crippen LogP contribution is -1.69. The first-order chi connectivity index (χ1) is 2.41. The van der Waals surface area contributed by atoms with Gasteiger partial charge < -0.3 is 9.92 Å². The monoisotopic (exact) mass is 95.0 g/mol. The molecule has 5 heavy (non-hydrogen) atoms. The van der Waals surface area contributed by atoms with Gasteiger partial charge in [0.15, 0.2) is 0 Å². The van der Waals surface area contributed by atoms with Crippen LogP contribution in [-0.4, -0.2) is 14.2 Å². The zero-order valence-electron chi connectivity index (χ0n) is 3.43. The van der Waals surface area contributed by atoms with E-state index in [1.165, 1.54) is 14.2 Å². The number of rotatable bonds is 0. The maximum Gasteiger partial charge on any atom is 0.0500 e. The van der Waals surface area contributed by atoms with Crippen LogP contribution in [0.5, 0.6) is 0 Å². The van der Waals surface area contributed by atoms with Crippen LogP contribution in [0.25, 0.3) is 0 Å². The van der Waals surface area contributed by atoms with Crippen molar-refractivity contribution < 1.29 is 4.18 Å². The second kappa shape index (κ2) is 28.3. The quantitative estimate of drug-likeness (QED) is 0.329. The van der Waals surface area contributed by atoms with Crippen LogP contribution in [0, 0.1) is 0 Å². The molecule has 2 N–H and O–H groups in total. The van der Waals surface area contributed by atoms with Crippen molar-refractivity contribution in [3.05, 3.63) is 0 Å². The second-order valence-electron chi connectivity index (χ2n) is 0.183. The summed E-state index contributed by atoms with van der Waals surface area (Å²) in [5.41, 5.74) is 4.50. The van der Waals surface area contributed by atoms with Gasteiger partial charge in [-0.05, 0) is 20.0 Å². The average Bonchev–Trinajstić information content (AvgIpc) is 1.46. The predicted molar refractivity (Wildman–Crippen MR) is 26.1 cm³/mol. The molecular weight excluding hydrogens is 86.1 g/mol. The molecule has 34 valence electrons. The molecule has 0 heterocycles. The maximum atomic E-state index is 4.50. The van der Waals surface area contributed by atoms with Crippen molar-refractivity contribution >= 4 is 12.9 Å². The van der Waals surface area contributed by atoms with Gasteiger partial charge in [0.1, 0.15) is 0 Å². The molecule has 0 unspecified atom stereocenters. The predicted octanol–water partition coefficient (Wildman–Crippen LogP) is 0.0525. The molecule has 0 amide bonds. The molecule has 0 aliphatic carbocycles. The molecule has 0 saturated carbocycles. The first-order valence-corrected chi connectivity index (χ1v) is 1.53. The minimum atomic E-state index is 1.49. The van der Waals surface area contributed by atoms with Crippen molar-refractivity contribution in [1.82, 2.24) is 0 Å². The van der Waals surface area contributed by atoms with E-state index >= 15 is 0 Å². The summed E-state index contributed by atoms with van der Waals surface area (Å²) < 4.78 is 3.94. The molecule has 3 heteroatoms. The minimum Gasteiger partial charge on any atom is -0.333 e. The molecule has 0 fully saturated rings. The Morgan fingerprint density at radius 3 is 1.60 bits per heavy atom. The highest BCUT2D eigenvalue weighted by molar-refractivity contribution is 7.75. The Morgan fingerprint density at radius 2 is 1.60 bits per heavy atom. The van der Waals surface area contributed by atoms with Crippen molar-refractivity contribution in [2.75, 3.05) is 14.2 Å². The van der Waals surface area contributed by atoms with Gasteiger partial charge in [-0.25, -0.2) is 0 Å². The second-order valence-corrected chi connectivity index (χ2v) is 0.548. The fraction of sp³-hybridized carbons (Fsp3) is 1.00. The molecule has 0 rings (SSSR count). The number of nitrogens with two attached hydrogens (primary N) is 1. The maximum absolute atomic E-state index is 4.50. The van der Waals surface area contributed by atoms with Crippen molar-refractivity contribution in [2.24, 2.45) is 5.73 Å². The minimum absolute atomic E-state index is 1.49. The Kier molecular flexibility index (Phi) is 50.9. The highest BCUT2D eigenvalue weighted by Gasteiger charge is 1.27. The van der Waals surface area contributed by atoms with Crippen LogP contribution in [0.1, 0.15) is 0 Å². The lowest BCUT2D eigenvalue weighted by Gasteiger charge is -1.58. The SMILES string of the molecule is CN.COS. The molecule has 0 saturated heterocycles. The van der Waals surface area contributed by atoms with E-state index in [2.05, 4.69) is 22.8 Å². The Balaban J connectivity index is 0. The van der Waals surface area contributed by atoms with Gasteiger partial charge in [-0.3, -0.25) is 0 Å². The van der Waals surface area contributed by atoms with E-state index in [0.29, 0.717) is 0 Å². The molecule has 0 aromatic carbocycles. The molecule has 0 radical (unpaired) electrons. The standard InChI is InChI=1S/CH5N.CH4OS/c1-2;1-2-3/h2H2,1H3;3H,1H3. The van der Waals surface area contributed by atoms with Crippen molar-refractivity contribution in [3.8, 4) is 0 Å². The van der Waals surface area contributed by atoms with Crippen molar-refractivity contribution in [2.45, 2.75) is 0 Å². The zero-order valence-corrected chi connectivity index (χ0v) is 4.33. The lowest BCUT2D eigenvalue weighted by molar-refractivity contribution is 0.500. The van der Waals surface area contributed by atoms with Gasteiger partial charge in [0, 0.05) is 7.11 Å². The van der Waals surface area contributed by atoms with Crippen LogP contribution < -0.4 is 5.73 Å². The van der Waals surface area contributed by atoms with E-state index < -0.39 is 0 Å². The molecule has 0 spiro atoms. The first-order valence-electron chi connectivity index (χ1n) is 1.17. The van der Waals surface area contributed by atoms with E-state index in [1.54, 1.807) is 0 Å². The summed E-state index contributed by atoms with van der Waals surface area (Å²) in [6.45, 7) is 0. The molecule has 2 nitrogen and oxygen atoms in total. The van der Waals surface area contributed by atoms with Crippen LogP contribution in [0.4, 0.5) is 0 Å². The van der Waals surface area contributed by atoms with Crippen LogP contribution in [0.2, 0.25) is 0 Å². The van der Waals surface area contributed by atoms with Gasteiger partial charge in [0.25, 0.3) is 0 Å². The Labute approximate surface area is 37.9 Å². The van der Waals surface area contributed by atoms with Crippen molar-refractivity contribution in [1.29, 1.82) is 0 Å². The lowest BCUT2D eigenvalue weighted by atomic mass is 11.6. The normalized spacial score (nSPS) is 4.80. The third-order valence-electron chi connectivity index (χ3n) is 0. The smallest absolute Gasteiger partial charge is 0.0500 e. The summed E-state index contributed by atoms with van der Waals surface area (Å²) in [5.74, 6) is 0. The van der Waals surface area contributed by atoms with Crippen LogP contribution in [0.3, 0.4) is 0 Å². The number of hydrogen-bond acceptors (Lipinski definition) is 3. The summed E-state index contributed by atoms with van der Waals surface area (Å²) in [7, 11) is 2.99. The van der Waals surface area contributed by atoms with Gasteiger partial charge in [0.05, 0.1) is 0 Å². The summed E-state index contributed by atoms with van der Waals surface area (Å²) >= 11 is 3.29. The van der Waals surface area contributed by atoms with Crippen molar-refractivity contribution in [3.63, 3.8) is 0 Å². The average molecular weight is 95.2 g/mol. The van der Waals surface area contributed by atoms with Gasteiger partial charge in [-0.1, -0.05) is 0 Å². The Hall–Kier alpha value is 0.270. The summed E-state index contributed by atoms with van der Waals surface area (Å²) in [4.78, 5) is 0. The van der Waals surface area contributed by atoms with Gasteiger partial charge in [0.2, 0.25) is 0 Å². The van der Waals surface area contributed by atoms with E-state index in [0.717, 1.165) is 0 Å². The van der Waals surface area contributed by atoms with Gasteiger partial charge in [-0.15, -0.1) is 0 Å². The van der Waals surface area contributed by atoms with E-state index in [4.69, 9.17) is 0 Å². The summed E-state index contributed by atoms with van der Waals surface area (Å²) in [6.07, 6.45) is 0. The van der Waals surface area contributed by atoms with E-state index in [9.17, 15) is 0 Å². The third-order valence-corrected chi connectivity index (χ3v) is 0. The number of thiol groups is 1. The van der Waals surface area contributed by atoms with Gasteiger partial charge >= 0.3 is 0 Å². The molecule has 0 aliphatic rings. The molecule has 0 aromatic heterocycles. The van der Waals surface area contributed by atoms with Crippen LogP contribution in [0.15, 0.2) is 0 Å². The fourth-order valence-corrected chi connectivity index (χ4v) is 0. The summed E-state index contributed by atoms with van der Waals surface area (Å²) in [5, 5.41) is 0. The first kappa shape index (κ1) is 8.99. The molecule has 0 bridgehead atoms. The van der Waals surface area contributed by atoms with E-state index in [1.807, 2.05) is 0 Å². The topological polar surface area (TPSA) is 35.2 Å². The molecular formula is C2H9NOS. The highest BCUT2D eigenvalue weighted by atomic mass is 32.1. The third kappa shape index (κ3) is 302. The molecule has 0 atom stereocenters. The van der Waals surface area contributed by atoms with Gasteiger partial charge in [-0.2, -0.15) is 0 Å². The van der Waals surface area contributed by atoms with E-state index in [-0.39, 0.29) is 0 Å². The highest BCUT2D eigenvalue weighted by Crippen LogP contribution is 1.57. The number of hydrogen-bond donors (Lipinski definition) is 2. The van der Waals surface area contributed by atoms with Crippen LogP contribution in [-0.2, 0) is 4.18 Å². The Morgan fingerprint density at radius 1 is 1.60 bits per heavy atom. The Bertz CT molecular complexity index is 9.61. The molecule has 0 aromatic rings. The van der Waals surface area contributed by atoms with Crippen LogP contribution >= 0.6 is 12.9 Å².